The van der Waals surface area contributed by atoms with Gasteiger partial charge >= 0.3 is 0 Å². The minimum absolute atomic E-state index is 0.303. The lowest BCUT2D eigenvalue weighted by molar-refractivity contribution is 0.519. The smallest absolute Gasteiger partial charge is 0.127 e. The van der Waals surface area contributed by atoms with Crippen molar-refractivity contribution < 1.29 is 4.39 Å². The van der Waals surface area contributed by atoms with Crippen LogP contribution in [0.3, 0.4) is 0 Å². The number of nitrogens with two attached hydrogens (primary N) is 1. The zero-order valence-electron chi connectivity index (χ0n) is 9.91. The number of rotatable bonds is 4. The summed E-state index contributed by atoms with van der Waals surface area (Å²) in [5, 5.41) is 0.386. The van der Waals surface area contributed by atoms with E-state index in [1.807, 2.05) is 12.1 Å². The molecule has 3 nitrogen and oxygen atoms in total. The number of nitrogens with one attached hydrogen (secondary N) is 1. The Morgan fingerprint density at radius 3 is 2.74 bits per heavy atom. The molecule has 0 saturated carbocycles. The van der Waals surface area contributed by atoms with Crippen LogP contribution in [0.5, 0.6) is 0 Å². The lowest BCUT2D eigenvalue weighted by Gasteiger charge is -2.16. The number of halogens is 3. The number of hydrazine groups is 1. The van der Waals surface area contributed by atoms with Crippen molar-refractivity contribution >= 4 is 27.5 Å². The van der Waals surface area contributed by atoms with Gasteiger partial charge < -0.3 is 0 Å². The van der Waals surface area contributed by atoms with Gasteiger partial charge in [0.1, 0.15) is 5.82 Å². The third kappa shape index (κ3) is 3.51. The standard InChI is InChI=1S/C13H12BrClFN3/c14-8-4-5-12(18-7-8)13(19-17)6-9-10(15)2-1-3-11(9)16/h1-5,7,13,19H,6,17H2. The molecule has 0 fully saturated rings. The van der Waals surface area contributed by atoms with Gasteiger partial charge in [-0.3, -0.25) is 16.3 Å². The van der Waals surface area contributed by atoms with Crippen molar-refractivity contribution in [1.82, 2.24) is 10.4 Å². The first-order valence-corrected chi connectivity index (χ1v) is 6.79. The van der Waals surface area contributed by atoms with E-state index >= 15 is 0 Å². The van der Waals surface area contributed by atoms with Crippen molar-refractivity contribution in [2.75, 3.05) is 0 Å². The second-order valence-electron chi connectivity index (χ2n) is 4.02. The fraction of sp³-hybridized carbons (Fsp3) is 0.154. The molecule has 1 aromatic heterocycles. The van der Waals surface area contributed by atoms with Crippen molar-refractivity contribution in [1.29, 1.82) is 0 Å². The summed E-state index contributed by atoms with van der Waals surface area (Å²) in [7, 11) is 0. The summed E-state index contributed by atoms with van der Waals surface area (Å²) in [4.78, 5) is 4.25. The number of benzene rings is 1. The molecular weight excluding hydrogens is 333 g/mol. The van der Waals surface area contributed by atoms with Gasteiger partial charge in [0.05, 0.1) is 11.7 Å². The van der Waals surface area contributed by atoms with Crippen molar-refractivity contribution in [2.45, 2.75) is 12.5 Å². The molecule has 1 heterocycles. The van der Waals surface area contributed by atoms with Gasteiger partial charge in [-0.1, -0.05) is 17.7 Å². The van der Waals surface area contributed by atoms with Crippen LogP contribution in [0.15, 0.2) is 41.0 Å². The Bertz CT molecular complexity index is 542. The second-order valence-corrected chi connectivity index (χ2v) is 5.35. The van der Waals surface area contributed by atoms with Crippen molar-refractivity contribution in [3.8, 4) is 0 Å². The quantitative estimate of drug-likeness (QED) is 0.660. The summed E-state index contributed by atoms with van der Waals surface area (Å²) in [6.07, 6.45) is 2.00. The third-order valence-corrected chi connectivity index (χ3v) is 3.60. The van der Waals surface area contributed by atoms with Gasteiger partial charge in [-0.05, 0) is 46.6 Å². The van der Waals surface area contributed by atoms with Gasteiger partial charge in [-0.2, -0.15) is 0 Å². The molecule has 2 rings (SSSR count). The van der Waals surface area contributed by atoms with E-state index in [1.165, 1.54) is 6.07 Å². The van der Waals surface area contributed by atoms with Gasteiger partial charge in [-0.25, -0.2) is 4.39 Å². The molecule has 3 N–H and O–H groups in total. The zero-order chi connectivity index (χ0) is 13.8. The van der Waals surface area contributed by atoms with Crippen LogP contribution in [0.1, 0.15) is 17.3 Å². The predicted molar refractivity (Wildman–Crippen MR) is 77.1 cm³/mol. The van der Waals surface area contributed by atoms with Crippen LogP contribution in [-0.2, 0) is 6.42 Å². The number of nitrogens with zero attached hydrogens (tertiary/aromatic N) is 1. The second kappa shape index (κ2) is 6.43. The Hall–Kier alpha value is -1.01. The highest BCUT2D eigenvalue weighted by Crippen LogP contribution is 2.25. The van der Waals surface area contributed by atoms with E-state index in [1.54, 1.807) is 18.3 Å². The Labute approximate surface area is 124 Å². The predicted octanol–water partition coefficient (Wildman–Crippen LogP) is 3.38. The van der Waals surface area contributed by atoms with E-state index in [4.69, 9.17) is 17.4 Å². The van der Waals surface area contributed by atoms with E-state index in [9.17, 15) is 4.39 Å². The monoisotopic (exact) mass is 343 g/mol. The largest absolute Gasteiger partial charge is 0.271 e. The number of pyridine rings is 1. The Balaban J connectivity index is 2.26. The molecule has 1 unspecified atom stereocenters. The van der Waals surface area contributed by atoms with Crippen LogP contribution in [0.2, 0.25) is 5.02 Å². The highest BCUT2D eigenvalue weighted by atomic mass is 79.9. The minimum atomic E-state index is -0.343. The molecule has 0 aliphatic carbocycles. The average molecular weight is 345 g/mol. The van der Waals surface area contributed by atoms with E-state index in [-0.39, 0.29) is 11.9 Å². The van der Waals surface area contributed by atoms with Crippen molar-refractivity contribution in [2.24, 2.45) is 5.84 Å². The molecule has 6 heteroatoms. The fourth-order valence-electron chi connectivity index (χ4n) is 1.77. The Morgan fingerprint density at radius 1 is 1.37 bits per heavy atom. The van der Waals surface area contributed by atoms with Gasteiger partial charge in [0.25, 0.3) is 0 Å². The molecule has 0 spiro atoms. The van der Waals surface area contributed by atoms with E-state index < -0.39 is 0 Å². The molecule has 0 bridgehead atoms. The molecular formula is C13H12BrClFN3. The molecule has 0 amide bonds. The molecule has 19 heavy (non-hydrogen) atoms. The SMILES string of the molecule is NNC(Cc1c(F)cccc1Cl)c1ccc(Br)cn1. The van der Waals surface area contributed by atoms with Crippen LogP contribution in [0, 0.1) is 5.82 Å². The number of hydrogen-bond acceptors (Lipinski definition) is 3. The van der Waals surface area contributed by atoms with Crippen LogP contribution < -0.4 is 11.3 Å². The topological polar surface area (TPSA) is 50.9 Å². The zero-order valence-corrected chi connectivity index (χ0v) is 12.2. The van der Waals surface area contributed by atoms with E-state index in [2.05, 4.69) is 26.3 Å². The summed E-state index contributed by atoms with van der Waals surface area (Å²) in [6.45, 7) is 0. The molecule has 0 radical (unpaired) electrons. The van der Waals surface area contributed by atoms with Crippen LogP contribution in [-0.4, -0.2) is 4.98 Å². The minimum Gasteiger partial charge on any atom is -0.271 e. The lowest BCUT2D eigenvalue weighted by atomic mass is 10.0. The normalized spacial score (nSPS) is 12.4. The first kappa shape index (κ1) is 14.4. The summed E-state index contributed by atoms with van der Waals surface area (Å²) >= 11 is 9.32. The Kier molecular flexibility index (Phi) is 4.87. The summed E-state index contributed by atoms with van der Waals surface area (Å²) in [6, 6.07) is 7.98. The van der Waals surface area contributed by atoms with Crippen LogP contribution in [0.25, 0.3) is 0 Å². The highest BCUT2D eigenvalue weighted by Gasteiger charge is 2.16. The highest BCUT2D eigenvalue weighted by molar-refractivity contribution is 9.10. The molecule has 1 atom stereocenters. The molecule has 0 aliphatic heterocycles. The average Bonchev–Trinajstić information content (AvgIpc) is 2.40. The summed E-state index contributed by atoms with van der Waals surface area (Å²) < 4.78 is 14.6. The maximum atomic E-state index is 13.7. The van der Waals surface area contributed by atoms with E-state index in [0.717, 1.165) is 10.2 Å². The summed E-state index contributed by atoms with van der Waals surface area (Å²) in [5.41, 5.74) is 3.79. The first-order valence-electron chi connectivity index (χ1n) is 5.62. The lowest BCUT2D eigenvalue weighted by Crippen LogP contribution is -2.30. The Morgan fingerprint density at radius 2 is 2.16 bits per heavy atom. The third-order valence-electron chi connectivity index (χ3n) is 2.78. The van der Waals surface area contributed by atoms with E-state index in [0.29, 0.717) is 17.0 Å². The molecule has 0 aliphatic rings. The molecule has 0 saturated heterocycles. The fourth-order valence-corrected chi connectivity index (χ4v) is 2.25. The molecule has 100 valence electrons. The van der Waals surface area contributed by atoms with Gasteiger partial charge in [0, 0.05) is 21.3 Å². The van der Waals surface area contributed by atoms with Gasteiger partial charge in [0.15, 0.2) is 0 Å². The van der Waals surface area contributed by atoms with Gasteiger partial charge in [-0.15, -0.1) is 0 Å². The molecule has 2 aromatic rings. The van der Waals surface area contributed by atoms with Crippen molar-refractivity contribution in [3.63, 3.8) is 0 Å². The van der Waals surface area contributed by atoms with Crippen molar-refractivity contribution in [3.05, 3.63) is 63.1 Å². The molecule has 1 aromatic carbocycles. The maximum Gasteiger partial charge on any atom is 0.127 e. The summed E-state index contributed by atoms with van der Waals surface area (Å²) in [5.74, 6) is 5.18. The maximum absolute atomic E-state index is 13.7. The first-order chi connectivity index (χ1) is 9.11. The van der Waals surface area contributed by atoms with Crippen LogP contribution in [0.4, 0.5) is 4.39 Å². The number of hydrogen-bond donors (Lipinski definition) is 2. The van der Waals surface area contributed by atoms with Gasteiger partial charge in [0.2, 0.25) is 0 Å². The number of aromatic nitrogens is 1. The van der Waals surface area contributed by atoms with Crippen LogP contribution >= 0.6 is 27.5 Å².